The van der Waals surface area contributed by atoms with E-state index in [1.54, 1.807) is 14.1 Å². The van der Waals surface area contributed by atoms with E-state index in [-0.39, 0.29) is 23.3 Å². The van der Waals surface area contributed by atoms with Gasteiger partial charge in [-0.3, -0.25) is 9.59 Å². The van der Waals surface area contributed by atoms with Crippen molar-refractivity contribution in [2.24, 2.45) is 17.7 Å². The van der Waals surface area contributed by atoms with Crippen LogP contribution in [0.3, 0.4) is 0 Å². The highest BCUT2D eigenvalue weighted by Crippen LogP contribution is 2.34. The van der Waals surface area contributed by atoms with Gasteiger partial charge in [0.2, 0.25) is 11.8 Å². The van der Waals surface area contributed by atoms with Crippen LogP contribution in [-0.4, -0.2) is 42.4 Å². The van der Waals surface area contributed by atoms with Gasteiger partial charge < -0.3 is 15.2 Å². The van der Waals surface area contributed by atoms with Gasteiger partial charge in [-0.2, -0.15) is 4.39 Å². The molecule has 0 aliphatic carbocycles. The molecule has 0 bridgehead atoms. The first kappa shape index (κ1) is 18.4. The molecule has 2 amide bonds. The fourth-order valence-electron chi connectivity index (χ4n) is 2.66. The summed E-state index contributed by atoms with van der Waals surface area (Å²) in [5.74, 6) is 3.14. The number of amides is 2. The highest BCUT2D eigenvalue weighted by Gasteiger charge is 2.45. The molecule has 1 saturated heterocycles. The van der Waals surface area contributed by atoms with Gasteiger partial charge in [0.1, 0.15) is 11.1 Å². The van der Waals surface area contributed by atoms with Crippen LogP contribution in [0.2, 0.25) is 0 Å². The predicted octanol–water partition coefficient (Wildman–Crippen LogP) is 1.97. The van der Waals surface area contributed by atoms with E-state index in [2.05, 4.69) is 11.9 Å². The Morgan fingerprint density at radius 3 is 2.83 bits per heavy atom. The van der Waals surface area contributed by atoms with Crippen LogP contribution in [0, 0.1) is 17.0 Å². The Kier molecular flexibility index (Phi) is 5.63. The largest absolute Gasteiger partial charge is 0.344 e. The number of allylic oxidation sites excluding steroid dienone is 1. The van der Waals surface area contributed by atoms with Crippen LogP contribution in [0.25, 0.3) is 0 Å². The summed E-state index contributed by atoms with van der Waals surface area (Å²) in [6.07, 6.45) is 1.48. The Morgan fingerprint density at radius 2 is 2.33 bits per heavy atom. The molecule has 24 heavy (non-hydrogen) atoms. The molecule has 1 aromatic rings. The van der Waals surface area contributed by atoms with E-state index in [1.807, 2.05) is 0 Å². The average molecular weight is 373 g/mol. The second-order valence-electron chi connectivity index (χ2n) is 5.46. The second-order valence-corrected chi connectivity index (χ2v) is 6.69. The van der Waals surface area contributed by atoms with Crippen molar-refractivity contribution in [2.45, 2.75) is 0 Å². The number of carbonyl (C=O) groups excluding carboxylic acids is 2. The maximum atomic E-state index is 13.6. The fourth-order valence-corrected chi connectivity index (χ4v) is 3.44. The minimum atomic E-state index is -1.03. The van der Waals surface area contributed by atoms with Gasteiger partial charge >= 0.3 is 0 Å². The molecule has 2 heterocycles. The van der Waals surface area contributed by atoms with Crippen LogP contribution in [-0.2, 0) is 9.59 Å². The summed E-state index contributed by atoms with van der Waals surface area (Å²) in [6.45, 7) is 3.98. The smallest absolute Gasteiger partial charge is 0.237 e. The maximum absolute atomic E-state index is 13.6. The molecule has 3 N–H and O–H groups in total. The van der Waals surface area contributed by atoms with Gasteiger partial charge in [-0.05, 0) is 17.0 Å². The summed E-state index contributed by atoms with van der Waals surface area (Å²) in [5, 5.41) is 4.84. The molecule has 0 saturated carbocycles. The number of nitrogens with two attached hydrogens (primary N) is 1. The monoisotopic (exact) mass is 372 g/mol. The number of hydrogen-bond donors (Lipinski definition) is 2. The van der Waals surface area contributed by atoms with Crippen LogP contribution in [0.4, 0.5) is 10.1 Å². The zero-order valence-electron chi connectivity index (χ0n) is 13.3. The third-order valence-electron chi connectivity index (χ3n) is 3.84. The first-order valence-electron chi connectivity index (χ1n) is 7.07. The van der Waals surface area contributed by atoms with Crippen LogP contribution in [0.5, 0.6) is 0 Å². The molecule has 2 atom stereocenters. The lowest BCUT2D eigenvalue weighted by atomic mass is 9.87. The molecule has 1 aromatic heterocycles. The average Bonchev–Trinajstić information content (AvgIpc) is 3.04. The number of nitrogens with zero attached hydrogens (tertiary/aromatic N) is 2. The van der Waals surface area contributed by atoms with Crippen molar-refractivity contribution < 1.29 is 14.0 Å². The van der Waals surface area contributed by atoms with Crippen molar-refractivity contribution in [3.05, 3.63) is 40.0 Å². The van der Waals surface area contributed by atoms with E-state index < -0.39 is 22.9 Å². The van der Waals surface area contributed by atoms with Crippen molar-refractivity contribution >= 4 is 40.4 Å². The maximum Gasteiger partial charge on any atom is 0.237 e. The Balaban J connectivity index is 2.35. The Labute approximate surface area is 148 Å². The molecular weight excluding hydrogens is 355 g/mol. The SMILES string of the molecule is C=C/C(=C(/Cl)N(C)N)[C@H]1CN(C)C(=O)[C@@H]1C(=O)Nc1ccsc1F. The number of rotatable bonds is 5. The van der Waals surface area contributed by atoms with Crippen LogP contribution in [0.1, 0.15) is 0 Å². The first-order chi connectivity index (χ1) is 11.3. The number of halogens is 2. The van der Waals surface area contributed by atoms with E-state index in [1.165, 1.54) is 27.4 Å². The van der Waals surface area contributed by atoms with E-state index in [9.17, 15) is 14.0 Å². The van der Waals surface area contributed by atoms with E-state index in [0.29, 0.717) is 5.57 Å². The summed E-state index contributed by atoms with van der Waals surface area (Å²) in [6, 6.07) is 1.45. The van der Waals surface area contributed by atoms with Crippen LogP contribution in [0.15, 0.2) is 34.8 Å². The summed E-state index contributed by atoms with van der Waals surface area (Å²) >= 11 is 7.05. The van der Waals surface area contributed by atoms with E-state index in [4.69, 9.17) is 17.4 Å². The van der Waals surface area contributed by atoms with Gasteiger partial charge in [-0.25, -0.2) is 5.84 Å². The molecule has 2 rings (SSSR count). The van der Waals surface area contributed by atoms with Gasteiger partial charge in [0, 0.05) is 26.6 Å². The van der Waals surface area contributed by atoms with Gasteiger partial charge in [0.25, 0.3) is 0 Å². The van der Waals surface area contributed by atoms with Crippen molar-refractivity contribution in [3.63, 3.8) is 0 Å². The summed E-state index contributed by atoms with van der Waals surface area (Å²) in [7, 11) is 3.14. The fraction of sp³-hybridized carbons (Fsp3) is 0.333. The molecule has 1 aliphatic rings. The Bertz CT molecular complexity index is 703. The zero-order chi connectivity index (χ0) is 18.0. The van der Waals surface area contributed by atoms with Gasteiger partial charge in [-0.1, -0.05) is 24.3 Å². The lowest BCUT2D eigenvalue weighted by Crippen LogP contribution is -2.34. The molecule has 0 unspecified atom stereocenters. The quantitative estimate of drug-likeness (QED) is 0.272. The van der Waals surface area contributed by atoms with Crippen LogP contribution < -0.4 is 11.2 Å². The second kappa shape index (κ2) is 7.33. The molecule has 0 radical (unpaired) electrons. The number of hydrazine groups is 1. The molecule has 1 fully saturated rings. The number of anilines is 1. The normalized spacial score (nSPS) is 21.5. The summed E-state index contributed by atoms with van der Waals surface area (Å²) in [5.41, 5.74) is 0.544. The first-order valence-corrected chi connectivity index (χ1v) is 8.33. The van der Waals surface area contributed by atoms with Gasteiger partial charge in [-0.15, -0.1) is 11.3 Å². The lowest BCUT2D eigenvalue weighted by Gasteiger charge is -2.21. The predicted molar refractivity (Wildman–Crippen MR) is 92.6 cm³/mol. The van der Waals surface area contributed by atoms with Crippen molar-refractivity contribution in [1.29, 1.82) is 0 Å². The highest BCUT2D eigenvalue weighted by atomic mass is 35.5. The molecule has 0 aromatic carbocycles. The number of thiophene rings is 1. The minimum Gasteiger partial charge on any atom is -0.344 e. The summed E-state index contributed by atoms with van der Waals surface area (Å²) in [4.78, 5) is 26.4. The van der Waals surface area contributed by atoms with E-state index in [0.717, 1.165) is 11.3 Å². The summed E-state index contributed by atoms with van der Waals surface area (Å²) < 4.78 is 13.6. The third-order valence-corrected chi connectivity index (χ3v) is 5.02. The van der Waals surface area contributed by atoms with Gasteiger partial charge in [0.05, 0.1) is 5.69 Å². The number of carbonyl (C=O) groups is 2. The Hall–Kier alpha value is -1.90. The number of nitrogens with one attached hydrogen (secondary N) is 1. The highest BCUT2D eigenvalue weighted by molar-refractivity contribution is 7.08. The minimum absolute atomic E-state index is 0.0530. The Morgan fingerprint density at radius 1 is 1.67 bits per heavy atom. The lowest BCUT2D eigenvalue weighted by molar-refractivity contribution is -0.135. The van der Waals surface area contributed by atoms with Crippen molar-refractivity contribution in [1.82, 2.24) is 9.91 Å². The molecule has 0 spiro atoms. The number of likely N-dealkylation sites (tertiary alicyclic amines) is 1. The zero-order valence-corrected chi connectivity index (χ0v) is 14.8. The molecule has 6 nitrogen and oxygen atoms in total. The number of hydrogen-bond acceptors (Lipinski definition) is 5. The molecule has 9 heteroatoms. The molecular formula is C15H18ClFN4O2S. The molecule has 1 aliphatic heterocycles. The standard InChI is InChI=1S/C15H18ClFN4O2S/c1-4-8(12(16)21(3)18)9-7-20(2)15(23)11(9)14(22)19-10-5-6-24-13(10)17/h4-6,9,11H,1,7,18H2,2-3H3,(H,19,22)/b12-8+/t9-,11+/m1/s1. The van der Waals surface area contributed by atoms with Crippen LogP contribution >= 0.6 is 22.9 Å². The van der Waals surface area contributed by atoms with E-state index >= 15 is 0 Å². The van der Waals surface area contributed by atoms with Crippen molar-refractivity contribution in [2.75, 3.05) is 26.0 Å². The third kappa shape index (κ3) is 3.45. The molecule has 130 valence electrons. The van der Waals surface area contributed by atoms with Crippen molar-refractivity contribution in [3.8, 4) is 0 Å². The topological polar surface area (TPSA) is 78.7 Å². The van der Waals surface area contributed by atoms with Gasteiger partial charge in [0.15, 0.2) is 5.13 Å².